The second-order valence-corrected chi connectivity index (χ2v) is 5.12. The van der Waals surface area contributed by atoms with E-state index in [0.717, 1.165) is 28.0 Å². The quantitative estimate of drug-likeness (QED) is 0.856. The first-order valence-electron chi connectivity index (χ1n) is 5.62. The number of nitrogens with zero attached hydrogens (tertiary/aromatic N) is 1. The molecule has 1 aromatic carbocycles. The Hall–Kier alpha value is -1.07. The van der Waals surface area contributed by atoms with Gasteiger partial charge in [0.2, 0.25) is 0 Å². The molecule has 0 bridgehead atoms. The molecule has 0 aliphatic heterocycles. The van der Waals surface area contributed by atoms with Crippen LogP contribution in [0.2, 0.25) is 0 Å². The predicted molar refractivity (Wildman–Crippen MR) is 75.7 cm³/mol. The van der Waals surface area contributed by atoms with Crippen LogP contribution in [0.4, 0.5) is 4.39 Å². The summed E-state index contributed by atoms with van der Waals surface area (Å²) in [5, 5.41) is 0. The molecule has 1 heterocycles. The highest BCUT2D eigenvalue weighted by atomic mass is 79.9. The van der Waals surface area contributed by atoms with E-state index in [1.54, 1.807) is 6.07 Å². The van der Waals surface area contributed by atoms with Gasteiger partial charge in [-0.1, -0.05) is 31.3 Å². The molecule has 0 aliphatic rings. The van der Waals surface area contributed by atoms with Crippen molar-refractivity contribution in [3.05, 3.63) is 56.3 Å². The highest BCUT2D eigenvalue weighted by Gasteiger charge is 2.06. The molecule has 0 spiro atoms. The van der Waals surface area contributed by atoms with Crippen LogP contribution >= 0.6 is 28.1 Å². The normalized spacial score (nSPS) is 10.6. The van der Waals surface area contributed by atoms with Crippen LogP contribution in [-0.2, 0) is 12.8 Å². The second kappa shape index (κ2) is 5.71. The van der Waals surface area contributed by atoms with E-state index in [9.17, 15) is 4.39 Å². The summed E-state index contributed by atoms with van der Waals surface area (Å²) in [7, 11) is 0. The largest absolute Gasteiger partial charge is 0.346 e. The molecule has 0 aliphatic carbocycles. The zero-order valence-electron chi connectivity index (χ0n) is 9.84. The number of hydrogen-bond donors (Lipinski definition) is 1. The van der Waals surface area contributed by atoms with Gasteiger partial charge in [0.15, 0.2) is 0 Å². The minimum absolute atomic E-state index is 0.237. The summed E-state index contributed by atoms with van der Waals surface area (Å²) in [4.78, 5) is 7.52. The van der Waals surface area contributed by atoms with E-state index in [0.29, 0.717) is 11.1 Å². The fourth-order valence-corrected chi connectivity index (χ4v) is 2.43. The van der Waals surface area contributed by atoms with Crippen LogP contribution in [-0.4, -0.2) is 9.97 Å². The van der Waals surface area contributed by atoms with E-state index in [1.807, 2.05) is 13.0 Å². The zero-order chi connectivity index (χ0) is 13.1. The van der Waals surface area contributed by atoms with Gasteiger partial charge in [-0.05, 0) is 40.0 Å². The molecule has 0 saturated heterocycles. The van der Waals surface area contributed by atoms with Gasteiger partial charge in [-0.25, -0.2) is 9.37 Å². The van der Waals surface area contributed by atoms with Crippen LogP contribution in [0.5, 0.6) is 0 Å². The SMILES string of the molecule is CCc1[nH]c(Cc2cccc(F)c2)nc(=S)c1Br. The maximum absolute atomic E-state index is 13.1. The number of benzene rings is 1. The summed E-state index contributed by atoms with van der Waals surface area (Å²) < 4.78 is 14.5. The molecule has 5 heteroatoms. The summed E-state index contributed by atoms with van der Waals surface area (Å²) >= 11 is 8.60. The number of hydrogen-bond acceptors (Lipinski definition) is 2. The van der Waals surface area contributed by atoms with E-state index in [1.165, 1.54) is 12.1 Å². The third-order valence-corrected chi connectivity index (χ3v) is 4.01. The van der Waals surface area contributed by atoms with Crippen LogP contribution in [0.25, 0.3) is 0 Å². The lowest BCUT2D eigenvalue weighted by Crippen LogP contribution is -2.02. The number of H-pyrrole nitrogens is 1. The van der Waals surface area contributed by atoms with Crippen LogP contribution in [0.3, 0.4) is 0 Å². The summed E-state index contributed by atoms with van der Waals surface area (Å²) in [6.07, 6.45) is 1.38. The first-order valence-corrected chi connectivity index (χ1v) is 6.82. The lowest BCUT2D eigenvalue weighted by molar-refractivity contribution is 0.625. The van der Waals surface area contributed by atoms with Crippen LogP contribution in [0.1, 0.15) is 24.0 Å². The third kappa shape index (κ3) is 3.03. The highest BCUT2D eigenvalue weighted by Crippen LogP contribution is 2.17. The first-order chi connectivity index (χ1) is 8.60. The Bertz CT molecular complexity index is 625. The number of halogens is 2. The van der Waals surface area contributed by atoms with Gasteiger partial charge in [0, 0.05) is 12.1 Å². The standard InChI is InChI=1S/C13H12BrFN2S/c1-2-10-12(14)13(18)17-11(16-10)7-8-4-3-5-9(15)6-8/h3-6H,2,7H2,1H3,(H,16,17,18). The Morgan fingerprint density at radius 1 is 1.44 bits per heavy atom. The second-order valence-electron chi connectivity index (χ2n) is 3.94. The molecule has 18 heavy (non-hydrogen) atoms. The molecule has 0 radical (unpaired) electrons. The van der Waals surface area contributed by atoms with Crippen molar-refractivity contribution in [2.24, 2.45) is 0 Å². The number of aromatic nitrogens is 2. The van der Waals surface area contributed by atoms with Crippen LogP contribution in [0.15, 0.2) is 28.7 Å². The highest BCUT2D eigenvalue weighted by molar-refractivity contribution is 9.10. The maximum atomic E-state index is 13.1. The summed E-state index contributed by atoms with van der Waals surface area (Å²) in [5.74, 6) is 0.518. The molecule has 1 N–H and O–H groups in total. The van der Waals surface area contributed by atoms with Gasteiger partial charge in [-0.3, -0.25) is 0 Å². The van der Waals surface area contributed by atoms with Gasteiger partial charge in [0.1, 0.15) is 16.3 Å². The molecule has 0 unspecified atom stereocenters. The fraction of sp³-hybridized carbons (Fsp3) is 0.231. The molecule has 94 valence electrons. The number of rotatable bonds is 3. The molecule has 0 atom stereocenters. The average molecular weight is 327 g/mol. The van der Waals surface area contributed by atoms with Crippen LogP contribution < -0.4 is 0 Å². The minimum atomic E-state index is -0.237. The summed E-state index contributed by atoms with van der Waals surface area (Å²) in [6.45, 7) is 2.04. The molecule has 0 saturated carbocycles. The minimum Gasteiger partial charge on any atom is -0.346 e. The zero-order valence-corrected chi connectivity index (χ0v) is 12.2. The summed E-state index contributed by atoms with van der Waals surface area (Å²) in [5.41, 5.74) is 1.89. The molecule has 2 nitrogen and oxygen atoms in total. The molecular formula is C13H12BrFN2S. The lowest BCUT2D eigenvalue weighted by atomic mass is 10.1. The van der Waals surface area contributed by atoms with Crippen molar-refractivity contribution in [2.45, 2.75) is 19.8 Å². The third-order valence-electron chi connectivity index (χ3n) is 2.60. The van der Waals surface area contributed by atoms with Crippen molar-refractivity contribution in [1.82, 2.24) is 9.97 Å². The topological polar surface area (TPSA) is 28.7 Å². The van der Waals surface area contributed by atoms with Crippen molar-refractivity contribution in [1.29, 1.82) is 0 Å². The van der Waals surface area contributed by atoms with Crippen molar-refractivity contribution in [3.63, 3.8) is 0 Å². The molecule has 0 fully saturated rings. The average Bonchev–Trinajstić information content (AvgIpc) is 2.33. The van der Waals surface area contributed by atoms with Crippen molar-refractivity contribution >= 4 is 28.1 Å². The first kappa shape index (κ1) is 13.4. The van der Waals surface area contributed by atoms with E-state index < -0.39 is 0 Å². The van der Waals surface area contributed by atoms with Crippen molar-refractivity contribution in [3.8, 4) is 0 Å². The van der Waals surface area contributed by atoms with Gasteiger partial charge in [0.25, 0.3) is 0 Å². The van der Waals surface area contributed by atoms with Crippen molar-refractivity contribution in [2.75, 3.05) is 0 Å². The predicted octanol–water partition coefficient (Wildman–Crippen LogP) is 4.19. The maximum Gasteiger partial charge on any atom is 0.144 e. The molecule has 2 aromatic rings. The Kier molecular flexibility index (Phi) is 4.24. The molecule has 1 aromatic heterocycles. The smallest absolute Gasteiger partial charge is 0.144 e. The Morgan fingerprint density at radius 3 is 2.89 bits per heavy atom. The van der Waals surface area contributed by atoms with E-state index in [-0.39, 0.29) is 5.82 Å². The van der Waals surface area contributed by atoms with E-state index in [4.69, 9.17) is 12.2 Å². The fourth-order valence-electron chi connectivity index (χ4n) is 1.73. The van der Waals surface area contributed by atoms with Gasteiger partial charge in [-0.15, -0.1) is 0 Å². The lowest BCUT2D eigenvalue weighted by Gasteiger charge is -2.07. The molecular weight excluding hydrogens is 315 g/mol. The molecule has 0 amide bonds. The van der Waals surface area contributed by atoms with E-state index in [2.05, 4.69) is 25.9 Å². The van der Waals surface area contributed by atoms with Gasteiger partial charge in [0.05, 0.1) is 4.47 Å². The van der Waals surface area contributed by atoms with E-state index >= 15 is 0 Å². The Morgan fingerprint density at radius 2 is 2.22 bits per heavy atom. The van der Waals surface area contributed by atoms with Crippen LogP contribution in [0, 0.1) is 10.5 Å². The Balaban J connectivity index is 2.35. The number of aromatic amines is 1. The molecule has 2 rings (SSSR count). The van der Waals surface area contributed by atoms with Gasteiger partial charge >= 0.3 is 0 Å². The van der Waals surface area contributed by atoms with Gasteiger partial charge < -0.3 is 4.98 Å². The van der Waals surface area contributed by atoms with Gasteiger partial charge in [-0.2, -0.15) is 0 Å². The van der Waals surface area contributed by atoms with Crippen molar-refractivity contribution < 1.29 is 4.39 Å². The number of aryl methyl sites for hydroxylation is 1. The summed E-state index contributed by atoms with van der Waals surface area (Å²) in [6, 6.07) is 6.50. The Labute approximate surface area is 118 Å². The monoisotopic (exact) mass is 326 g/mol. The number of nitrogens with one attached hydrogen (secondary N) is 1.